The molecule has 6 atom stereocenters. The first-order valence-electron chi connectivity index (χ1n) is 14.1. The number of piperidine rings is 1. The highest BCUT2D eigenvalue weighted by Gasteiger charge is 2.77. The average molecular weight is 485 g/mol. The normalized spacial score (nSPS) is 38.6. The number of nitrogens with zero attached hydrogens (tertiary/aromatic N) is 2. The van der Waals surface area contributed by atoms with Crippen molar-refractivity contribution in [1.82, 2.24) is 9.80 Å². The molecule has 0 aromatic heterocycles. The van der Waals surface area contributed by atoms with Gasteiger partial charge in [0.1, 0.15) is 5.75 Å². The van der Waals surface area contributed by atoms with Crippen molar-refractivity contribution in [2.24, 2.45) is 11.8 Å². The Hall–Kier alpha value is -2.21. The van der Waals surface area contributed by atoms with Crippen LogP contribution >= 0.6 is 0 Å². The lowest BCUT2D eigenvalue weighted by molar-refractivity contribution is -0.173. The van der Waals surface area contributed by atoms with Gasteiger partial charge in [-0.05, 0) is 79.8 Å². The molecule has 2 aromatic rings. The van der Waals surface area contributed by atoms with Crippen LogP contribution in [0.4, 0.5) is 0 Å². The number of fused-ring (bicyclic) bond motifs is 1. The van der Waals surface area contributed by atoms with Gasteiger partial charge in [0.15, 0.2) is 5.78 Å². The molecule has 5 heteroatoms. The minimum Gasteiger partial charge on any atom is -0.508 e. The summed E-state index contributed by atoms with van der Waals surface area (Å²) in [5.74, 6) is 1.96. The van der Waals surface area contributed by atoms with Crippen molar-refractivity contribution < 1.29 is 14.6 Å². The summed E-state index contributed by atoms with van der Waals surface area (Å²) in [6.07, 6.45) is 7.77. The molecule has 6 aliphatic rings. The molecule has 188 valence electrons. The highest BCUT2D eigenvalue weighted by atomic mass is 16.5. The minimum atomic E-state index is -0.146. The number of Topliss-reactive ketones (excluding diaryl/α,β-unsaturated/α-hetero) is 1. The zero-order chi connectivity index (χ0) is 24.1. The summed E-state index contributed by atoms with van der Waals surface area (Å²) in [4.78, 5) is 18.4. The summed E-state index contributed by atoms with van der Waals surface area (Å²) < 4.78 is 7.31. The summed E-state index contributed by atoms with van der Waals surface area (Å²) in [6.45, 7) is 3.73. The molecule has 2 saturated carbocycles. The van der Waals surface area contributed by atoms with Gasteiger partial charge in [0, 0.05) is 42.9 Å². The van der Waals surface area contributed by atoms with Crippen LogP contribution in [0.5, 0.6) is 5.75 Å². The Morgan fingerprint density at radius 2 is 1.92 bits per heavy atom. The zero-order valence-corrected chi connectivity index (χ0v) is 20.9. The SMILES string of the molecule is O=C(Cc1ccccc1)CN1C[C@H]2O[C@@]34CC[C@@H]1[C@@H]2[C@@]31CCN(CC2CC2)[C@@H]4Cc2ccc(O)cc21. The van der Waals surface area contributed by atoms with E-state index < -0.39 is 0 Å². The largest absolute Gasteiger partial charge is 0.508 e. The predicted molar refractivity (Wildman–Crippen MR) is 137 cm³/mol. The van der Waals surface area contributed by atoms with Crippen LogP contribution in [0.15, 0.2) is 48.5 Å². The molecule has 1 N–H and O–H groups in total. The van der Waals surface area contributed by atoms with Crippen molar-refractivity contribution in [1.29, 1.82) is 0 Å². The lowest BCUT2D eigenvalue weighted by Gasteiger charge is -2.65. The van der Waals surface area contributed by atoms with Crippen LogP contribution in [0, 0.1) is 11.8 Å². The second kappa shape index (κ2) is 7.66. The molecule has 3 aliphatic carbocycles. The number of hydrogen-bond donors (Lipinski definition) is 1. The van der Waals surface area contributed by atoms with Gasteiger partial charge in [0.05, 0.1) is 18.2 Å². The van der Waals surface area contributed by atoms with Gasteiger partial charge in [-0.1, -0.05) is 36.4 Å². The zero-order valence-electron chi connectivity index (χ0n) is 20.9. The van der Waals surface area contributed by atoms with Crippen molar-refractivity contribution in [3.63, 3.8) is 0 Å². The molecule has 3 aliphatic heterocycles. The first-order chi connectivity index (χ1) is 17.6. The Balaban J connectivity index is 1.15. The van der Waals surface area contributed by atoms with Crippen LogP contribution < -0.4 is 0 Å². The van der Waals surface area contributed by atoms with Crippen molar-refractivity contribution in [3.8, 4) is 5.75 Å². The minimum absolute atomic E-state index is 0.0468. The Kier molecular flexibility index (Phi) is 4.64. The highest BCUT2D eigenvalue weighted by Crippen LogP contribution is 2.69. The molecule has 5 nitrogen and oxygen atoms in total. The van der Waals surface area contributed by atoms with E-state index in [1.54, 1.807) is 0 Å². The highest BCUT2D eigenvalue weighted by molar-refractivity contribution is 5.83. The van der Waals surface area contributed by atoms with E-state index in [1.165, 1.54) is 30.5 Å². The van der Waals surface area contributed by atoms with Crippen LogP contribution in [0.2, 0.25) is 0 Å². The lowest BCUT2D eigenvalue weighted by atomic mass is 9.46. The standard InChI is InChI=1S/C31H36N2O3/c34-23-9-8-22-15-28-31-11-10-26-29(30(31,25(22)16-23)12-13-32(28)17-21-6-7-21)27(36-31)19-33(26)18-24(35)14-20-4-2-1-3-5-20/h1-5,8-9,16,21,26-29,34H,6-7,10-15,17-19H2/t26-,27-,28-,29+,30+,31-/m1/s1. The number of hydrogen-bond acceptors (Lipinski definition) is 5. The molecule has 0 radical (unpaired) electrons. The van der Waals surface area contributed by atoms with Gasteiger partial charge in [-0.25, -0.2) is 0 Å². The Labute approximate surface area is 213 Å². The van der Waals surface area contributed by atoms with E-state index in [9.17, 15) is 9.90 Å². The fourth-order valence-electron chi connectivity index (χ4n) is 9.41. The van der Waals surface area contributed by atoms with Crippen LogP contribution in [-0.4, -0.2) is 70.7 Å². The number of phenolic OH excluding ortho intramolecular Hbond substituents is 1. The van der Waals surface area contributed by atoms with Gasteiger partial charge in [-0.3, -0.25) is 14.6 Å². The van der Waals surface area contributed by atoms with Crippen LogP contribution in [-0.2, 0) is 27.8 Å². The Morgan fingerprint density at radius 3 is 2.75 bits per heavy atom. The summed E-state index contributed by atoms with van der Waals surface area (Å²) in [5, 5.41) is 10.6. The molecule has 4 bridgehead atoms. The van der Waals surface area contributed by atoms with E-state index in [-0.39, 0.29) is 17.1 Å². The van der Waals surface area contributed by atoms with Gasteiger partial charge >= 0.3 is 0 Å². The maximum atomic E-state index is 13.1. The van der Waals surface area contributed by atoms with E-state index in [1.807, 2.05) is 24.3 Å². The molecule has 5 fully saturated rings. The number of ketones is 1. The number of ether oxygens (including phenoxy) is 1. The smallest absolute Gasteiger partial charge is 0.151 e. The van der Waals surface area contributed by atoms with Crippen molar-refractivity contribution in [2.45, 2.75) is 74.1 Å². The summed E-state index contributed by atoms with van der Waals surface area (Å²) in [6, 6.07) is 17.1. The van der Waals surface area contributed by atoms with E-state index in [4.69, 9.17) is 4.74 Å². The van der Waals surface area contributed by atoms with Gasteiger partial charge in [0.25, 0.3) is 0 Å². The first-order valence-corrected chi connectivity index (χ1v) is 14.1. The summed E-state index contributed by atoms with van der Waals surface area (Å²) in [5.41, 5.74) is 3.68. The molecule has 0 spiro atoms. The number of likely N-dealkylation sites (tertiary alicyclic amines) is 2. The topological polar surface area (TPSA) is 53.0 Å². The quantitative estimate of drug-likeness (QED) is 0.678. The molecule has 0 amide bonds. The second-order valence-electron chi connectivity index (χ2n) is 12.5. The number of carbonyl (C=O) groups excluding carboxylic acids is 1. The van der Waals surface area contributed by atoms with E-state index in [0.29, 0.717) is 42.5 Å². The van der Waals surface area contributed by atoms with Crippen molar-refractivity contribution in [2.75, 3.05) is 26.2 Å². The Morgan fingerprint density at radius 1 is 1.06 bits per heavy atom. The van der Waals surface area contributed by atoms with Gasteiger partial charge < -0.3 is 9.84 Å². The van der Waals surface area contributed by atoms with Gasteiger partial charge in [-0.2, -0.15) is 0 Å². The fraction of sp³-hybridized carbons (Fsp3) is 0.581. The van der Waals surface area contributed by atoms with Gasteiger partial charge in [0.2, 0.25) is 0 Å². The third-order valence-corrected chi connectivity index (χ3v) is 10.8. The number of rotatable bonds is 6. The maximum Gasteiger partial charge on any atom is 0.151 e. The molecular formula is C31H36N2O3. The number of phenols is 1. The summed E-state index contributed by atoms with van der Waals surface area (Å²) >= 11 is 0. The predicted octanol–water partition coefficient (Wildman–Crippen LogP) is 3.71. The van der Waals surface area contributed by atoms with Crippen LogP contribution in [0.25, 0.3) is 0 Å². The van der Waals surface area contributed by atoms with Crippen LogP contribution in [0.3, 0.4) is 0 Å². The molecule has 8 rings (SSSR count). The number of benzene rings is 2. The van der Waals surface area contributed by atoms with E-state index >= 15 is 0 Å². The Bertz CT molecular complexity index is 1210. The number of carbonyl (C=O) groups is 1. The summed E-state index contributed by atoms with van der Waals surface area (Å²) in [7, 11) is 0. The van der Waals surface area contributed by atoms with E-state index in [0.717, 1.165) is 50.3 Å². The number of aromatic hydroxyl groups is 1. The first kappa shape index (κ1) is 21.8. The maximum absolute atomic E-state index is 13.1. The van der Waals surface area contributed by atoms with Crippen molar-refractivity contribution >= 4 is 5.78 Å². The van der Waals surface area contributed by atoms with E-state index in [2.05, 4.69) is 34.1 Å². The third-order valence-electron chi connectivity index (χ3n) is 10.8. The molecule has 3 saturated heterocycles. The monoisotopic (exact) mass is 484 g/mol. The molecule has 3 heterocycles. The molecule has 0 unspecified atom stereocenters. The molecular weight excluding hydrogens is 448 g/mol. The third kappa shape index (κ3) is 2.91. The van der Waals surface area contributed by atoms with Crippen molar-refractivity contribution in [3.05, 3.63) is 65.2 Å². The fourth-order valence-corrected chi connectivity index (χ4v) is 9.41. The lowest BCUT2D eigenvalue weighted by Crippen LogP contribution is -2.74. The second-order valence-corrected chi connectivity index (χ2v) is 12.5. The molecule has 2 aromatic carbocycles. The average Bonchev–Trinajstić information content (AvgIpc) is 3.58. The molecule has 36 heavy (non-hydrogen) atoms. The van der Waals surface area contributed by atoms with Crippen LogP contribution in [0.1, 0.15) is 48.8 Å². The van der Waals surface area contributed by atoms with Gasteiger partial charge in [-0.15, -0.1) is 0 Å².